The van der Waals surface area contributed by atoms with Gasteiger partial charge in [0.15, 0.2) is 5.13 Å². The predicted octanol–water partition coefficient (Wildman–Crippen LogP) is 1.49. The van der Waals surface area contributed by atoms with E-state index in [1.807, 2.05) is 18.1 Å². The SMILES string of the molecule is CSCCC(N)C(=O)N1CCN(c2nc(C)c(C)s2)CC1. The second-order valence-electron chi connectivity index (χ2n) is 5.34. The first-order valence-corrected chi connectivity index (χ1v) is 9.46. The Morgan fingerprint density at radius 3 is 2.57 bits per heavy atom. The zero-order valence-electron chi connectivity index (χ0n) is 13.0. The minimum absolute atomic E-state index is 0.0928. The van der Waals surface area contributed by atoms with Crippen LogP contribution in [0.25, 0.3) is 0 Å². The molecule has 1 aliphatic rings. The highest BCUT2D eigenvalue weighted by molar-refractivity contribution is 7.98. The summed E-state index contributed by atoms with van der Waals surface area (Å²) in [7, 11) is 0. The van der Waals surface area contributed by atoms with Gasteiger partial charge in [0.25, 0.3) is 0 Å². The molecule has 0 radical (unpaired) electrons. The standard InChI is InChI=1S/C14H24N4OS2/c1-10-11(2)21-14(16-10)18-7-5-17(6-8-18)13(19)12(15)4-9-20-3/h12H,4-9,15H2,1-3H3. The highest BCUT2D eigenvalue weighted by atomic mass is 32.2. The number of thioether (sulfide) groups is 1. The maximum absolute atomic E-state index is 12.3. The molecule has 5 nitrogen and oxygen atoms in total. The van der Waals surface area contributed by atoms with Crippen LogP contribution in [0.5, 0.6) is 0 Å². The molecule has 1 aromatic rings. The van der Waals surface area contributed by atoms with Gasteiger partial charge in [-0.2, -0.15) is 11.8 Å². The lowest BCUT2D eigenvalue weighted by molar-refractivity contribution is -0.132. The lowest BCUT2D eigenvalue weighted by atomic mass is 10.2. The summed E-state index contributed by atoms with van der Waals surface area (Å²) in [5, 5.41) is 1.07. The molecule has 2 rings (SSSR count). The van der Waals surface area contributed by atoms with E-state index in [9.17, 15) is 4.79 Å². The first-order chi connectivity index (χ1) is 10.0. The molecule has 2 N–H and O–H groups in total. The molecule has 0 saturated carbocycles. The van der Waals surface area contributed by atoms with Crippen molar-refractivity contribution in [2.24, 2.45) is 5.73 Å². The van der Waals surface area contributed by atoms with Gasteiger partial charge in [-0.1, -0.05) is 0 Å². The first kappa shape index (κ1) is 16.6. The van der Waals surface area contributed by atoms with Crippen molar-refractivity contribution in [1.82, 2.24) is 9.88 Å². The van der Waals surface area contributed by atoms with Gasteiger partial charge in [-0.05, 0) is 32.3 Å². The Labute approximate surface area is 134 Å². The summed E-state index contributed by atoms with van der Waals surface area (Å²) >= 11 is 3.46. The molecule has 1 saturated heterocycles. The second-order valence-corrected chi connectivity index (χ2v) is 7.51. The topological polar surface area (TPSA) is 62.5 Å². The summed E-state index contributed by atoms with van der Waals surface area (Å²) in [5.74, 6) is 1.03. The normalized spacial score (nSPS) is 17.1. The van der Waals surface area contributed by atoms with Crippen LogP contribution in [0.1, 0.15) is 17.0 Å². The van der Waals surface area contributed by atoms with Crippen molar-refractivity contribution < 1.29 is 4.79 Å². The van der Waals surface area contributed by atoms with Gasteiger partial charge in [-0.15, -0.1) is 11.3 Å². The fraction of sp³-hybridized carbons (Fsp3) is 0.714. The Hall–Kier alpha value is -0.790. The summed E-state index contributed by atoms with van der Waals surface area (Å²) in [6.07, 6.45) is 2.79. The van der Waals surface area contributed by atoms with Crippen LogP contribution >= 0.6 is 23.1 Å². The number of nitrogens with zero attached hydrogens (tertiary/aromatic N) is 3. The average Bonchev–Trinajstić information content (AvgIpc) is 2.83. The molecule has 1 amide bonds. The quantitative estimate of drug-likeness (QED) is 0.887. The van der Waals surface area contributed by atoms with E-state index in [0.717, 1.165) is 49.2 Å². The number of piperazine rings is 1. The molecule has 0 spiro atoms. The fourth-order valence-electron chi connectivity index (χ4n) is 2.31. The van der Waals surface area contributed by atoms with Crippen LogP contribution in [0.2, 0.25) is 0 Å². The van der Waals surface area contributed by atoms with Crippen molar-refractivity contribution in [1.29, 1.82) is 0 Å². The van der Waals surface area contributed by atoms with Crippen molar-refractivity contribution in [3.63, 3.8) is 0 Å². The van der Waals surface area contributed by atoms with E-state index in [2.05, 4.69) is 16.8 Å². The van der Waals surface area contributed by atoms with Gasteiger partial charge in [0, 0.05) is 31.1 Å². The Bertz CT molecular complexity index is 464. The Balaban J connectivity index is 1.86. The number of hydrogen-bond donors (Lipinski definition) is 1. The summed E-state index contributed by atoms with van der Waals surface area (Å²) in [6, 6.07) is -0.353. The van der Waals surface area contributed by atoms with E-state index in [0.29, 0.717) is 0 Å². The van der Waals surface area contributed by atoms with Crippen molar-refractivity contribution >= 4 is 34.1 Å². The summed E-state index contributed by atoms with van der Waals surface area (Å²) < 4.78 is 0. The minimum atomic E-state index is -0.353. The highest BCUT2D eigenvalue weighted by Gasteiger charge is 2.26. The monoisotopic (exact) mass is 328 g/mol. The Morgan fingerprint density at radius 2 is 2.05 bits per heavy atom. The van der Waals surface area contributed by atoms with Crippen molar-refractivity contribution in [2.75, 3.05) is 43.1 Å². The van der Waals surface area contributed by atoms with E-state index >= 15 is 0 Å². The molecule has 2 heterocycles. The average molecular weight is 329 g/mol. The number of carbonyl (C=O) groups is 1. The van der Waals surface area contributed by atoms with Gasteiger partial charge >= 0.3 is 0 Å². The number of hydrogen-bond acceptors (Lipinski definition) is 6. The molecule has 21 heavy (non-hydrogen) atoms. The van der Waals surface area contributed by atoms with Crippen LogP contribution in [-0.4, -0.2) is 60.0 Å². The molecule has 1 fully saturated rings. The van der Waals surface area contributed by atoms with Crippen LogP contribution in [0.4, 0.5) is 5.13 Å². The minimum Gasteiger partial charge on any atom is -0.345 e. The number of anilines is 1. The number of thiazole rings is 1. The van der Waals surface area contributed by atoms with E-state index in [1.54, 1.807) is 23.1 Å². The number of carbonyl (C=O) groups excluding carboxylic acids is 1. The summed E-state index contributed by atoms with van der Waals surface area (Å²) in [4.78, 5) is 22.3. The van der Waals surface area contributed by atoms with Crippen LogP contribution in [0.15, 0.2) is 0 Å². The zero-order valence-corrected chi connectivity index (χ0v) is 14.6. The smallest absolute Gasteiger partial charge is 0.239 e. The van der Waals surface area contributed by atoms with Crippen molar-refractivity contribution in [3.05, 3.63) is 10.6 Å². The van der Waals surface area contributed by atoms with E-state index < -0.39 is 0 Å². The number of aryl methyl sites for hydroxylation is 2. The van der Waals surface area contributed by atoms with E-state index in [1.165, 1.54) is 4.88 Å². The molecule has 1 aliphatic heterocycles. The van der Waals surface area contributed by atoms with Gasteiger partial charge in [0.2, 0.25) is 5.91 Å². The maximum Gasteiger partial charge on any atom is 0.239 e. The van der Waals surface area contributed by atoms with Gasteiger partial charge < -0.3 is 15.5 Å². The molecular formula is C14H24N4OS2. The van der Waals surface area contributed by atoms with Crippen LogP contribution < -0.4 is 10.6 Å². The molecular weight excluding hydrogens is 304 g/mol. The van der Waals surface area contributed by atoms with E-state index in [4.69, 9.17) is 5.73 Å². The van der Waals surface area contributed by atoms with Crippen molar-refractivity contribution in [3.8, 4) is 0 Å². The van der Waals surface area contributed by atoms with Gasteiger partial charge in [-0.25, -0.2) is 4.98 Å². The Morgan fingerprint density at radius 1 is 1.38 bits per heavy atom. The molecule has 0 bridgehead atoms. The summed E-state index contributed by atoms with van der Waals surface area (Å²) in [5.41, 5.74) is 7.08. The number of nitrogens with two attached hydrogens (primary N) is 1. The van der Waals surface area contributed by atoms with Gasteiger partial charge in [0.05, 0.1) is 11.7 Å². The highest BCUT2D eigenvalue weighted by Crippen LogP contribution is 2.26. The van der Waals surface area contributed by atoms with Crippen LogP contribution in [-0.2, 0) is 4.79 Å². The molecule has 1 aromatic heterocycles. The second kappa shape index (κ2) is 7.47. The third kappa shape index (κ3) is 4.11. The lowest BCUT2D eigenvalue weighted by Gasteiger charge is -2.35. The van der Waals surface area contributed by atoms with Crippen LogP contribution in [0, 0.1) is 13.8 Å². The molecule has 0 aliphatic carbocycles. The lowest BCUT2D eigenvalue weighted by Crippen LogP contribution is -2.53. The maximum atomic E-state index is 12.3. The fourth-order valence-corrected chi connectivity index (χ4v) is 3.76. The van der Waals surface area contributed by atoms with Gasteiger partial charge in [-0.3, -0.25) is 4.79 Å². The van der Waals surface area contributed by atoms with Crippen molar-refractivity contribution in [2.45, 2.75) is 26.3 Å². The zero-order chi connectivity index (χ0) is 15.4. The Kier molecular flexibility index (Phi) is 5.89. The van der Waals surface area contributed by atoms with Crippen LogP contribution in [0.3, 0.4) is 0 Å². The largest absolute Gasteiger partial charge is 0.345 e. The molecule has 1 unspecified atom stereocenters. The first-order valence-electron chi connectivity index (χ1n) is 7.25. The number of amides is 1. The molecule has 1 atom stereocenters. The third-order valence-corrected chi connectivity index (χ3v) is 5.61. The molecule has 0 aromatic carbocycles. The van der Waals surface area contributed by atoms with E-state index in [-0.39, 0.29) is 11.9 Å². The molecule has 118 valence electrons. The number of rotatable bonds is 5. The van der Waals surface area contributed by atoms with Gasteiger partial charge in [0.1, 0.15) is 0 Å². The number of aromatic nitrogens is 1. The summed E-state index contributed by atoms with van der Waals surface area (Å²) in [6.45, 7) is 7.30. The predicted molar refractivity (Wildman–Crippen MR) is 91.4 cm³/mol. The molecule has 7 heteroatoms. The third-order valence-electron chi connectivity index (χ3n) is 3.83.